The van der Waals surface area contributed by atoms with Crippen LogP contribution in [-0.4, -0.2) is 38.7 Å². The number of likely N-dealkylation sites (N-methyl/N-ethyl adjacent to an activating group) is 1. The first-order valence-electron chi connectivity index (χ1n) is 8.40. The zero-order valence-corrected chi connectivity index (χ0v) is 14.5. The van der Waals surface area contributed by atoms with Crippen molar-refractivity contribution in [3.8, 4) is 0 Å². The second-order valence-corrected chi connectivity index (χ2v) is 6.17. The lowest BCUT2D eigenvalue weighted by atomic mass is 10.2. The van der Waals surface area contributed by atoms with Crippen molar-refractivity contribution in [2.75, 3.05) is 13.6 Å². The van der Waals surface area contributed by atoms with Gasteiger partial charge in [-0.15, -0.1) is 0 Å². The van der Waals surface area contributed by atoms with E-state index in [-0.39, 0.29) is 11.9 Å². The quantitative estimate of drug-likeness (QED) is 0.698. The number of benzene rings is 1. The Morgan fingerprint density at radius 1 is 1.29 bits per heavy atom. The third-order valence-electron chi connectivity index (χ3n) is 4.57. The van der Waals surface area contributed by atoms with Gasteiger partial charge in [-0.3, -0.25) is 9.48 Å². The van der Waals surface area contributed by atoms with E-state index >= 15 is 0 Å². The Morgan fingerprint density at radius 3 is 2.79 bits per heavy atom. The Bertz CT molecular complexity index is 819. The average Bonchev–Trinajstić information content (AvgIpc) is 3.21. The summed E-state index contributed by atoms with van der Waals surface area (Å²) in [5.74, 6) is 0.107. The van der Waals surface area contributed by atoms with Gasteiger partial charge >= 0.3 is 0 Å². The van der Waals surface area contributed by atoms with Crippen LogP contribution < -0.4 is 0 Å². The number of aromatic nitrogens is 3. The minimum absolute atomic E-state index is 0.107. The van der Waals surface area contributed by atoms with Gasteiger partial charge in [0.15, 0.2) is 0 Å². The Labute approximate surface area is 142 Å². The summed E-state index contributed by atoms with van der Waals surface area (Å²) >= 11 is 0. The minimum Gasteiger partial charge on any atom is -0.343 e. The molecule has 126 valence electrons. The Hall–Kier alpha value is -2.56. The van der Waals surface area contributed by atoms with Crippen LogP contribution in [0.4, 0.5) is 0 Å². The minimum atomic E-state index is -0.229. The number of hydrogen-bond donors (Lipinski definition) is 0. The van der Waals surface area contributed by atoms with E-state index in [0.717, 1.165) is 13.0 Å². The van der Waals surface area contributed by atoms with Crippen molar-refractivity contribution in [2.45, 2.75) is 32.9 Å². The fourth-order valence-electron chi connectivity index (χ4n) is 3.20. The van der Waals surface area contributed by atoms with Gasteiger partial charge in [0, 0.05) is 43.7 Å². The van der Waals surface area contributed by atoms with E-state index in [4.69, 9.17) is 0 Å². The first kappa shape index (κ1) is 16.3. The number of hydrogen-bond acceptors (Lipinski definition) is 2. The summed E-state index contributed by atoms with van der Waals surface area (Å²) < 4.78 is 4.02. The molecular weight excluding hydrogens is 300 g/mol. The van der Waals surface area contributed by atoms with Gasteiger partial charge in [-0.2, -0.15) is 5.10 Å². The van der Waals surface area contributed by atoms with E-state index in [1.165, 1.54) is 16.6 Å². The first-order chi connectivity index (χ1) is 11.6. The summed E-state index contributed by atoms with van der Waals surface area (Å²) in [6, 6.07) is 12.2. The highest BCUT2D eigenvalue weighted by Crippen LogP contribution is 2.19. The fourth-order valence-corrected chi connectivity index (χ4v) is 3.20. The topological polar surface area (TPSA) is 43.1 Å². The van der Waals surface area contributed by atoms with Gasteiger partial charge in [-0.05, 0) is 36.9 Å². The van der Waals surface area contributed by atoms with E-state index in [2.05, 4.69) is 46.9 Å². The molecule has 0 saturated heterocycles. The van der Waals surface area contributed by atoms with E-state index < -0.39 is 0 Å². The second kappa shape index (κ2) is 6.91. The summed E-state index contributed by atoms with van der Waals surface area (Å²) in [7, 11) is 1.87. The van der Waals surface area contributed by atoms with Crippen LogP contribution in [0.5, 0.6) is 0 Å². The van der Waals surface area contributed by atoms with E-state index in [9.17, 15) is 4.79 Å². The molecule has 3 rings (SSSR count). The predicted molar refractivity (Wildman–Crippen MR) is 95.9 cm³/mol. The summed E-state index contributed by atoms with van der Waals surface area (Å²) in [6.45, 7) is 5.59. The summed E-state index contributed by atoms with van der Waals surface area (Å²) in [5, 5.41) is 5.46. The number of rotatable bonds is 6. The average molecular weight is 324 g/mol. The van der Waals surface area contributed by atoms with Crippen LogP contribution in [0.3, 0.4) is 0 Å². The normalized spacial score (nSPS) is 12.5. The third-order valence-corrected chi connectivity index (χ3v) is 4.57. The zero-order chi connectivity index (χ0) is 17.1. The highest BCUT2D eigenvalue weighted by molar-refractivity contribution is 5.81. The molecule has 1 amide bonds. The van der Waals surface area contributed by atoms with Crippen molar-refractivity contribution >= 4 is 16.8 Å². The molecule has 5 nitrogen and oxygen atoms in total. The second-order valence-electron chi connectivity index (χ2n) is 6.17. The Kier molecular flexibility index (Phi) is 4.69. The highest BCUT2D eigenvalue weighted by atomic mass is 16.2. The maximum atomic E-state index is 12.7. The number of amides is 1. The lowest BCUT2D eigenvalue weighted by Gasteiger charge is -2.24. The van der Waals surface area contributed by atoms with Crippen molar-refractivity contribution in [2.24, 2.45) is 0 Å². The molecule has 0 spiro atoms. The maximum Gasteiger partial charge on any atom is 0.247 e. The SMILES string of the molecule is CC[C@H](C(=O)N(C)CCn1c(C)cc2ccccc21)n1cccn1. The van der Waals surface area contributed by atoms with Crippen LogP contribution in [0, 0.1) is 6.92 Å². The standard InChI is InChI=1S/C19H24N4O/c1-4-17(23-11-7-10-20-23)19(24)21(3)12-13-22-15(2)14-16-8-5-6-9-18(16)22/h5-11,14,17H,4,12-13H2,1-3H3/t17-/m1/s1. The molecule has 24 heavy (non-hydrogen) atoms. The smallest absolute Gasteiger partial charge is 0.247 e. The molecule has 0 saturated carbocycles. The molecule has 0 unspecified atom stereocenters. The molecule has 1 aromatic carbocycles. The van der Waals surface area contributed by atoms with Crippen molar-refractivity contribution in [3.63, 3.8) is 0 Å². The van der Waals surface area contributed by atoms with Crippen molar-refractivity contribution < 1.29 is 4.79 Å². The van der Waals surface area contributed by atoms with Crippen molar-refractivity contribution in [1.82, 2.24) is 19.2 Å². The number of aryl methyl sites for hydroxylation is 1. The molecule has 0 aliphatic rings. The molecule has 0 fully saturated rings. The summed E-state index contributed by atoms with van der Waals surface area (Å²) in [6.07, 6.45) is 4.30. The Balaban J connectivity index is 1.71. The van der Waals surface area contributed by atoms with Crippen LogP contribution in [0.2, 0.25) is 0 Å². The molecule has 0 N–H and O–H groups in total. The fraction of sp³-hybridized carbons (Fsp3) is 0.368. The van der Waals surface area contributed by atoms with Gasteiger partial charge < -0.3 is 9.47 Å². The van der Waals surface area contributed by atoms with E-state index in [1.54, 1.807) is 10.9 Å². The number of para-hydroxylation sites is 1. The molecule has 1 atom stereocenters. The number of carbonyl (C=O) groups excluding carboxylic acids is 1. The van der Waals surface area contributed by atoms with E-state index in [0.29, 0.717) is 6.54 Å². The molecule has 2 heterocycles. The monoisotopic (exact) mass is 324 g/mol. The lowest BCUT2D eigenvalue weighted by molar-refractivity contribution is -0.134. The highest BCUT2D eigenvalue weighted by Gasteiger charge is 2.22. The number of carbonyl (C=O) groups is 1. The molecule has 5 heteroatoms. The van der Waals surface area contributed by atoms with Gasteiger partial charge in [0.1, 0.15) is 6.04 Å². The molecule has 3 aromatic rings. The Morgan fingerprint density at radius 2 is 2.08 bits per heavy atom. The van der Waals surface area contributed by atoms with Crippen LogP contribution in [0.1, 0.15) is 25.1 Å². The largest absolute Gasteiger partial charge is 0.343 e. The molecule has 0 bridgehead atoms. The number of fused-ring (bicyclic) bond motifs is 1. The molecule has 0 aliphatic heterocycles. The van der Waals surface area contributed by atoms with Crippen LogP contribution >= 0.6 is 0 Å². The van der Waals surface area contributed by atoms with Crippen molar-refractivity contribution in [3.05, 3.63) is 54.5 Å². The predicted octanol–water partition coefficient (Wildman–Crippen LogP) is 3.26. The summed E-state index contributed by atoms with van der Waals surface area (Å²) in [5.41, 5.74) is 2.44. The van der Waals surface area contributed by atoms with Crippen molar-refractivity contribution in [1.29, 1.82) is 0 Å². The van der Waals surface area contributed by atoms with Gasteiger partial charge in [0.25, 0.3) is 0 Å². The first-order valence-corrected chi connectivity index (χ1v) is 8.40. The van der Waals surface area contributed by atoms with Gasteiger partial charge in [-0.25, -0.2) is 0 Å². The molecule has 2 aromatic heterocycles. The van der Waals surface area contributed by atoms with Gasteiger partial charge in [0.05, 0.1) is 0 Å². The summed E-state index contributed by atoms with van der Waals surface area (Å²) in [4.78, 5) is 14.5. The van der Waals surface area contributed by atoms with Crippen LogP contribution in [0.25, 0.3) is 10.9 Å². The molecule has 0 radical (unpaired) electrons. The maximum absolute atomic E-state index is 12.7. The number of nitrogens with zero attached hydrogens (tertiary/aromatic N) is 4. The third kappa shape index (κ3) is 3.07. The van der Waals surface area contributed by atoms with Crippen LogP contribution in [0.15, 0.2) is 48.8 Å². The zero-order valence-electron chi connectivity index (χ0n) is 14.5. The van der Waals surface area contributed by atoms with Gasteiger partial charge in [-0.1, -0.05) is 25.1 Å². The van der Waals surface area contributed by atoms with Crippen LogP contribution in [-0.2, 0) is 11.3 Å². The lowest BCUT2D eigenvalue weighted by Crippen LogP contribution is -2.36. The van der Waals surface area contributed by atoms with Gasteiger partial charge in [0.2, 0.25) is 5.91 Å². The molecular formula is C19H24N4O. The molecule has 0 aliphatic carbocycles. The van der Waals surface area contributed by atoms with E-state index in [1.807, 2.05) is 31.1 Å².